The molecule has 0 fully saturated rings. The fourth-order valence-corrected chi connectivity index (χ4v) is 5.37. The van der Waals surface area contributed by atoms with E-state index < -0.39 is 0 Å². The van der Waals surface area contributed by atoms with Crippen LogP contribution in [0.5, 0.6) is 11.5 Å². The highest BCUT2D eigenvalue weighted by Crippen LogP contribution is 2.45. The average molecular weight is 548 g/mol. The number of ketones is 2. The van der Waals surface area contributed by atoms with Gasteiger partial charge in [0.1, 0.15) is 11.5 Å². The minimum Gasteiger partial charge on any atom is -0.497 e. The van der Waals surface area contributed by atoms with Crippen LogP contribution >= 0.6 is 0 Å². The molecule has 0 aromatic heterocycles. The van der Waals surface area contributed by atoms with E-state index in [4.69, 9.17) is 9.47 Å². The van der Waals surface area contributed by atoms with Crippen molar-refractivity contribution >= 4 is 22.8 Å². The second-order valence-electron chi connectivity index (χ2n) is 12.6. The number of ether oxygens (including phenoxy) is 2. The highest BCUT2D eigenvalue weighted by molar-refractivity contribution is 6.38. The molecule has 3 aliphatic rings. The third-order valence-electron chi connectivity index (χ3n) is 7.67. The van der Waals surface area contributed by atoms with E-state index in [0.717, 1.165) is 50.6 Å². The van der Waals surface area contributed by atoms with E-state index in [1.54, 1.807) is 14.2 Å². The third-order valence-corrected chi connectivity index (χ3v) is 7.67. The van der Waals surface area contributed by atoms with Crippen LogP contribution in [0.4, 0.5) is 0 Å². The lowest BCUT2D eigenvalue weighted by molar-refractivity contribution is -0.114. The van der Waals surface area contributed by atoms with Crippen LogP contribution < -0.4 is 9.47 Å². The molecule has 5 rings (SSSR count). The van der Waals surface area contributed by atoms with Crippen molar-refractivity contribution in [2.75, 3.05) is 14.2 Å². The molecule has 2 aromatic carbocycles. The number of hydrogen-bond donors (Lipinski definition) is 0. The van der Waals surface area contributed by atoms with Gasteiger partial charge in [0.15, 0.2) is 5.78 Å². The number of Topliss-reactive ketones (excluding diaryl/α,β-unsaturated/α-hetero) is 2. The standard InChI is InChI=1S/C36H37NO4/c1-35(2,3)28-19-25(20-29(33(28)38)36(4,5)6)24-17-18-37-30(21-24)34(39)31(22-9-13-26(40-7)14-10-22)32(37)23-11-15-27(41-8)16-12-23/h9-21H,1-8H3. The maximum atomic E-state index is 14.2. The Morgan fingerprint density at radius 2 is 1.10 bits per heavy atom. The molecule has 0 atom stereocenters. The average Bonchev–Trinajstić information content (AvgIpc) is 3.23. The lowest BCUT2D eigenvalue weighted by atomic mass is 9.71. The predicted octanol–water partition coefficient (Wildman–Crippen LogP) is 7.69. The molecule has 1 aliphatic carbocycles. The summed E-state index contributed by atoms with van der Waals surface area (Å²) in [5, 5.41) is 0. The first-order valence-corrected chi connectivity index (χ1v) is 13.8. The van der Waals surface area contributed by atoms with Crippen molar-refractivity contribution < 1.29 is 19.1 Å². The zero-order chi connectivity index (χ0) is 29.7. The molecule has 0 saturated carbocycles. The van der Waals surface area contributed by atoms with Gasteiger partial charge in [0, 0.05) is 17.3 Å². The van der Waals surface area contributed by atoms with Crippen molar-refractivity contribution in [1.29, 1.82) is 0 Å². The molecular formula is C36H37NO4. The van der Waals surface area contributed by atoms with Gasteiger partial charge in [0.05, 0.1) is 31.2 Å². The number of hydrogen-bond acceptors (Lipinski definition) is 5. The summed E-state index contributed by atoms with van der Waals surface area (Å²) in [7, 11) is 3.26. The number of methoxy groups -OCH3 is 2. The number of carbonyl (C=O) groups excluding carboxylic acids is 2. The molecule has 0 radical (unpaired) electrons. The van der Waals surface area contributed by atoms with E-state index in [2.05, 4.69) is 41.5 Å². The van der Waals surface area contributed by atoms with Crippen LogP contribution in [0.3, 0.4) is 0 Å². The van der Waals surface area contributed by atoms with Gasteiger partial charge >= 0.3 is 0 Å². The summed E-state index contributed by atoms with van der Waals surface area (Å²) in [6, 6.07) is 15.3. The van der Waals surface area contributed by atoms with Crippen LogP contribution in [0.2, 0.25) is 0 Å². The Hall–Kier alpha value is -4.38. The van der Waals surface area contributed by atoms with Crippen LogP contribution in [0.1, 0.15) is 52.7 Å². The van der Waals surface area contributed by atoms with E-state index in [0.29, 0.717) is 11.3 Å². The van der Waals surface area contributed by atoms with Gasteiger partial charge < -0.3 is 14.4 Å². The molecule has 210 valence electrons. The van der Waals surface area contributed by atoms with Gasteiger partial charge in [-0.1, -0.05) is 53.7 Å². The number of nitrogens with zero attached hydrogens (tertiary/aromatic N) is 1. The summed E-state index contributed by atoms with van der Waals surface area (Å²) in [5.74, 6) is 1.50. The van der Waals surface area contributed by atoms with Crippen molar-refractivity contribution in [3.63, 3.8) is 0 Å². The SMILES string of the molecule is COc1ccc(C2=C(c3ccc(OC)cc3)N3C=CC(=C4C=C(C(C)(C)C)C(=O)C(C(C)(C)C)=C4)C=C3C2=O)cc1. The minimum absolute atomic E-state index is 0.0598. The van der Waals surface area contributed by atoms with Crippen molar-refractivity contribution in [1.82, 2.24) is 4.90 Å². The Bertz CT molecular complexity index is 1570. The van der Waals surface area contributed by atoms with Crippen molar-refractivity contribution in [2.45, 2.75) is 41.5 Å². The van der Waals surface area contributed by atoms with Crippen molar-refractivity contribution in [3.8, 4) is 11.5 Å². The summed E-state index contributed by atoms with van der Waals surface area (Å²) < 4.78 is 10.7. The molecule has 5 heteroatoms. The molecule has 0 saturated heterocycles. The van der Waals surface area contributed by atoms with Gasteiger partial charge in [-0.2, -0.15) is 0 Å². The molecule has 5 nitrogen and oxygen atoms in total. The monoisotopic (exact) mass is 547 g/mol. The van der Waals surface area contributed by atoms with Gasteiger partial charge in [0.25, 0.3) is 0 Å². The summed E-state index contributed by atoms with van der Waals surface area (Å²) in [4.78, 5) is 29.6. The minimum atomic E-state index is -0.320. The fourth-order valence-electron chi connectivity index (χ4n) is 5.37. The van der Waals surface area contributed by atoms with Crippen LogP contribution in [-0.2, 0) is 9.59 Å². The van der Waals surface area contributed by atoms with E-state index in [1.165, 1.54) is 0 Å². The van der Waals surface area contributed by atoms with Gasteiger partial charge in [-0.15, -0.1) is 0 Å². The first-order valence-electron chi connectivity index (χ1n) is 13.8. The Morgan fingerprint density at radius 3 is 1.56 bits per heavy atom. The van der Waals surface area contributed by atoms with Crippen LogP contribution in [0, 0.1) is 10.8 Å². The molecule has 2 aliphatic heterocycles. The lowest BCUT2D eigenvalue weighted by Gasteiger charge is -2.32. The topological polar surface area (TPSA) is 55.8 Å². The third kappa shape index (κ3) is 5.13. The van der Waals surface area contributed by atoms with Gasteiger partial charge in [-0.3, -0.25) is 9.59 Å². The second-order valence-corrected chi connectivity index (χ2v) is 12.6. The first-order chi connectivity index (χ1) is 19.3. The molecule has 2 aromatic rings. The lowest BCUT2D eigenvalue weighted by Crippen LogP contribution is -2.28. The highest BCUT2D eigenvalue weighted by atomic mass is 16.5. The predicted molar refractivity (Wildman–Crippen MR) is 164 cm³/mol. The Morgan fingerprint density at radius 1 is 0.610 bits per heavy atom. The van der Waals surface area contributed by atoms with E-state index >= 15 is 0 Å². The normalized spacial score (nSPS) is 17.5. The molecular weight excluding hydrogens is 510 g/mol. The zero-order valence-corrected chi connectivity index (χ0v) is 25.1. The van der Waals surface area contributed by atoms with Gasteiger partial charge in [0.2, 0.25) is 5.78 Å². The van der Waals surface area contributed by atoms with E-state index in [1.807, 2.05) is 83.9 Å². The quantitative estimate of drug-likeness (QED) is 0.393. The maximum Gasteiger partial charge on any atom is 0.212 e. The summed E-state index contributed by atoms with van der Waals surface area (Å²) >= 11 is 0. The van der Waals surface area contributed by atoms with Gasteiger partial charge in [-0.25, -0.2) is 0 Å². The Balaban J connectivity index is 1.68. The number of carbonyl (C=O) groups is 2. The maximum absolute atomic E-state index is 14.2. The fraction of sp³-hybridized carbons (Fsp3) is 0.278. The molecule has 0 N–H and O–H groups in total. The van der Waals surface area contributed by atoms with Gasteiger partial charge in [-0.05, 0) is 93.8 Å². The molecule has 0 bridgehead atoms. The van der Waals surface area contributed by atoms with Crippen molar-refractivity contribution in [2.24, 2.45) is 10.8 Å². The Labute approximate surface area is 242 Å². The molecule has 0 amide bonds. The smallest absolute Gasteiger partial charge is 0.212 e. The van der Waals surface area contributed by atoms with E-state index in [9.17, 15) is 9.59 Å². The highest BCUT2D eigenvalue weighted by Gasteiger charge is 2.38. The number of rotatable bonds is 4. The number of allylic oxidation sites excluding steroid dienone is 9. The molecule has 41 heavy (non-hydrogen) atoms. The zero-order valence-electron chi connectivity index (χ0n) is 25.1. The van der Waals surface area contributed by atoms with Crippen LogP contribution in [0.15, 0.2) is 107 Å². The van der Waals surface area contributed by atoms with E-state index in [-0.39, 0.29) is 22.4 Å². The number of benzene rings is 2. The summed E-state index contributed by atoms with van der Waals surface area (Å²) in [5.41, 5.74) is 6.45. The Kier molecular flexibility index (Phi) is 7.02. The molecule has 0 spiro atoms. The summed E-state index contributed by atoms with van der Waals surface area (Å²) in [6.45, 7) is 12.4. The molecule has 0 unspecified atom stereocenters. The van der Waals surface area contributed by atoms with Crippen LogP contribution in [-0.4, -0.2) is 30.7 Å². The summed E-state index contributed by atoms with van der Waals surface area (Å²) in [6.07, 6.45) is 9.91. The van der Waals surface area contributed by atoms with Crippen LogP contribution in [0.25, 0.3) is 11.3 Å². The largest absolute Gasteiger partial charge is 0.497 e. The number of fused-ring (bicyclic) bond motifs is 1. The second kappa shape index (κ2) is 10.2. The first kappa shape index (κ1) is 28.2. The molecule has 2 heterocycles. The van der Waals surface area contributed by atoms with Crippen molar-refractivity contribution in [3.05, 3.63) is 118 Å².